The zero-order chi connectivity index (χ0) is 21.7. The van der Waals surface area contributed by atoms with Crippen molar-refractivity contribution in [3.05, 3.63) is 84.2 Å². The lowest BCUT2D eigenvalue weighted by molar-refractivity contribution is -0.130. The van der Waals surface area contributed by atoms with E-state index in [1.807, 2.05) is 24.4 Å². The predicted octanol–water partition coefficient (Wildman–Crippen LogP) is 3.94. The van der Waals surface area contributed by atoms with Gasteiger partial charge < -0.3 is 10.1 Å². The molecule has 1 unspecified atom stereocenters. The first-order valence-corrected chi connectivity index (χ1v) is 10.7. The number of hydrogen-bond acceptors (Lipinski definition) is 4. The van der Waals surface area contributed by atoms with Gasteiger partial charge in [-0.1, -0.05) is 42.5 Å². The van der Waals surface area contributed by atoms with Gasteiger partial charge in [-0.05, 0) is 59.8 Å². The number of benzene rings is 2. The summed E-state index contributed by atoms with van der Waals surface area (Å²) in [5, 5.41) is 2.92. The number of methoxy groups -OCH3 is 1. The van der Waals surface area contributed by atoms with Crippen LogP contribution in [0.4, 0.5) is 0 Å². The van der Waals surface area contributed by atoms with E-state index in [1.54, 1.807) is 20.4 Å². The number of amides is 1. The van der Waals surface area contributed by atoms with Crippen LogP contribution < -0.4 is 10.1 Å². The van der Waals surface area contributed by atoms with E-state index in [0.717, 1.165) is 49.4 Å². The molecule has 1 aliphatic heterocycles. The van der Waals surface area contributed by atoms with E-state index in [4.69, 9.17) is 4.74 Å². The zero-order valence-electron chi connectivity index (χ0n) is 18.2. The van der Waals surface area contributed by atoms with Gasteiger partial charge in [0.1, 0.15) is 5.75 Å². The molecule has 31 heavy (non-hydrogen) atoms. The first kappa shape index (κ1) is 21.1. The fourth-order valence-corrected chi connectivity index (χ4v) is 4.58. The van der Waals surface area contributed by atoms with Gasteiger partial charge in [0.25, 0.3) is 0 Å². The summed E-state index contributed by atoms with van der Waals surface area (Å²) in [5.41, 5.74) is 4.16. The lowest BCUT2D eigenvalue weighted by Crippen LogP contribution is -2.43. The minimum absolute atomic E-state index is 0.118. The number of ether oxygens (including phenoxy) is 1. The highest BCUT2D eigenvalue weighted by Gasteiger charge is 2.44. The maximum Gasteiger partial charge on any atom is 0.227 e. The van der Waals surface area contributed by atoms with Gasteiger partial charge in [0, 0.05) is 32.5 Å². The Balaban J connectivity index is 1.53. The molecule has 1 fully saturated rings. The van der Waals surface area contributed by atoms with Crippen molar-refractivity contribution in [1.82, 2.24) is 15.2 Å². The fourth-order valence-electron chi connectivity index (χ4n) is 4.58. The minimum Gasteiger partial charge on any atom is -0.497 e. The number of pyridine rings is 1. The third-order valence-corrected chi connectivity index (χ3v) is 6.15. The Labute approximate surface area is 184 Å². The van der Waals surface area contributed by atoms with Gasteiger partial charge in [-0.15, -0.1) is 0 Å². The second kappa shape index (κ2) is 9.31. The Morgan fingerprint density at radius 1 is 1.10 bits per heavy atom. The maximum absolute atomic E-state index is 13.0. The molecule has 1 aromatic heterocycles. The number of rotatable bonds is 7. The molecule has 1 saturated heterocycles. The smallest absolute Gasteiger partial charge is 0.227 e. The highest BCUT2D eigenvalue weighted by atomic mass is 16.5. The molecule has 0 aliphatic carbocycles. The normalized spacial score (nSPS) is 18.6. The van der Waals surface area contributed by atoms with Crippen molar-refractivity contribution in [3.8, 4) is 16.9 Å². The largest absolute Gasteiger partial charge is 0.497 e. The van der Waals surface area contributed by atoms with Gasteiger partial charge in [-0.3, -0.25) is 14.7 Å². The topological polar surface area (TPSA) is 54.5 Å². The van der Waals surface area contributed by atoms with Crippen LogP contribution in [-0.2, 0) is 17.8 Å². The van der Waals surface area contributed by atoms with Crippen LogP contribution in [0.1, 0.15) is 17.5 Å². The van der Waals surface area contributed by atoms with Gasteiger partial charge >= 0.3 is 0 Å². The second-order valence-electron chi connectivity index (χ2n) is 8.29. The number of nitrogens with one attached hydrogen (secondary N) is 1. The van der Waals surface area contributed by atoms with Crippen LogP contribution in [-0.4, -0.2) is 43.0 Å². The highest BCUT2D eigenvalue weighted by Crippen LogP contribution is 2.36. The van der Waals surface area contributed by atoms with E-state index in [2.05, 4.69) is 57.7 Å². The van der Waals surface area contributed by atoms with Crippen molar-refractivity contribution in [1.29, 1.82) is 0 Å². The number of aromatic nitrogens is 1. The van der Waals surface area contributed by atoms with Crippen LogP contribution in [0.5, 0.6) is 5.75 Å². The molecule has 160 valence electrons. The summed E-state index contributed by atoms with van der Waals surface area (Å²) in [6.45, 7) is 2.44. The molecule has 1 aliphatic rings. The molecule has 0 spiro atoms. The van der Waals surface area contributed by atoms with E-state index in [1.165, 1.54) is 11.1 Å². The molecule has 1 N–H and O–H groups in total. The molecule has 4 rings (SSSR count). The first-order chi connectivity index (χ1) is 15.1. The van der Waals surface area contributed by atoms with E-state index in [0.29, 0.717) is 0 Å². The summed E-state index contributed by atoms with van der Waals surface area (Å²) >= 11 is 0. The Morgan fingerprint density at radius 2 is 1.90 bits per heavy atom. The molecule has 0 saturated carbocycles. The van der Waals surface area contributed by atoms with Gasteiger partial charge in [0.05, 0.1) is 12.5 Å². The Hall–Kier alpha value is -3.18. The number of likely N-dealkylation sites (tertiary alicyclic amines) is 1. The molecule has 5 nitrogen and oxygen atoms in total. The second-order valence-corrected chi connectivity index (χ2v) is 8.29. The number of carbonyl (C=O) groups excluding carboxylic acids is 1. The Kier molecular flexibility index (Phi) is 6.33. The van der Waals surface area contributed by atoms with Crippen molar-refractivity contribution < 1.29 is 9.53 Å². The summed E-state index contributed by atoms with van der Waals surface area (Å²) in [5.74, 6) is 0.980. The fraction of sp³-hybridized carbons (Fsp3) is 0.308. The van der Waals surface area contributed by atoms with Crippen LogP contribution in [0.15, 0.2) is 73.1 Å². The molecular weight excluding hydrogens is 386 g/mol. The molecule has 2 aromatic carbocycles. The third kappa shape index (κ3) is 4.78. The SMILES string of the molecule is CNC(=O)C1(Cc2cccc(-c3cccnc3)c2)CCN(Cc2cccc(OC)c2)C1. The molecule has 2 heterocycles. The molecule has 1 atom stereocenters. The predicted molar refractivity (Wildman–Crippen MR) is 123 cm³/mol. The van der Waals surface area contributed by atoms with Gasteiger partial charge in [0.15, 0.2) is 0 Å². The van der Waals surface area contributed by atoms with E-state index in [9.17, 15) is 4.79 Å². The number of hydrogen-bond donors (Lipinski definition) is 1. The Bertz CT molecular complexity index is 1040. The summed E-state index contributed by atoms with van der Waals surface area (Å²) in [6.07, 6.45) is 5.21. The van der Waals surface area contributed by atoms with Crippen molar-refractivity contribution in [3.63, 3.8) is 0 Å². The van der Waals surface area contributed by atoms with Crippen molar-refractivity contribution in [2.75, 3.05) is 27.2 Å². The van der Waals surface area contributed by atoms with Crippen LogP contribution in [0.3, 0.4) is 0 Å². The average Bonchev–Trinajstić information content (AvgIpc) is 3.22. The van der Waals surface area contributed by atoms with Crippen LogP contribution in [0.2, 0.25) is 0 Å². The average molecular weight is 416 g/mol. The van der Waals surface area contributed by atoms with E-state index >= 15 is 0 Å². The quantitative estimate of drug-likeness (QED) is 0.635. The molecule has 3 aromatic rings. The van der Waals surface area contributed by atoms with Gasteiger partial charge in [-0.2, -0.15) is 0 Å². The summed E-state index contributed by atoms with van der Waals surface area (Å²) in [4.78, 5) is 19.6. The molecule has 5 heteroatoms. The van der Waals surface area contributed by atoms with E-state index in [-0.39, 0.29) is 5.91 Å². The first-order valence-electron chi connectivity index (χ1n) is 10.7. The summed E-state index contributed by atoms with van der Waals surface area (Å²) in [7, 11) is 3.42. The van der Waals surface area contributed by atoms with Crippen molar-refractivity contribution in [2.24, 2.45) is 5.41 Å². The summed E-state index contributed by atoms with van der Waals surface area (Å²) in [6, 6.07) is 20.6. The Morgan fingerprint density at radius 3 is 2.68 bits per heavy atom. The standard InChI is InChI=1S/C26H29N3O2/c1-27-25(30)26(11-13-29(19-26)18-21-7-4-10-24(15-21)31-2)16-20-6-3-8-22(14-20)23-9-5-12-28-17-23/h3-10,12,14-15,17H,11,13,16,18-19H2,1-2H3,(H,27,30). The van der Waals surface area contributed by atoms with Crippen LogP contribution in [0.25, 0.3) is 11.1 Å². The molecule has 1 amide bonds. The highest BCUT2D eigenvalue weighted by molar-refractivity contribution is 5.83. The third-order valence-electron chi connectivity index (χ3n) is 6.15. The summed E-state index contributed by atoms with van der Waals surface area (Å²) < 4.78 is 5.36. The van der Waals surface area contributed by atoms with Crippen LogP contribution in [0, 0.1) is 5.41 Å². The molecular formula is C26H29N3O2. The number of nitrogens with zero attached hydrogens (tertiary/aromatic N) is 2. The van der Waals surface area contributed by atoms with Gasteiger partial charge in [0.2, 0.25) is 5.91 Å². The van der Waals surface area contributed by atoms with Crippen molar-refractivity contribution in [2.45, 2.75) is 19.4 Å². The molecule has 0 bridgehead atoms. The van der Waals surface area contributed by atoms with Gasteiger partial charge in [-0.25, -0.2) is 0 Å². The van der Waals surface area contributed by atoms with E-state index < -0.39 is 5.41 Å². The van der Waals surface area contributed by atoms with Crippen molar-refractivity contribution >= 4 is 5.91 Å². The monoisotopic (exact) mass is 415 g/mol. The zero-order valence-corrected chi connectivity index (χ0v) is 18.2. The lowest BCUT2D eigenvalue weighted by atomic mass is 9.79. The van der Waals surface area contributed by atoms with Crippen LogP contribution >= 0.6 is 0 Å². The minimum atomic E-state index is -0.429. The lowest BCUT2D eigenvalue weighted by Gasteiger charge is -2.28. The maximum atomic E-state index is 13.0. The molecule has 0 radical (unpaired) electrons. The number of carbonyl (C=O) groups is 1.